The first-order valence-electron chi connectivity index (χ1n) is 7.74. The molecule has 8 nitrogen and oxygen atoms in total. The Morgan fingerprint density at radius 3 is 3.16 bits per heavy atom. The topological polar surface area (TPSA) is 97.5 Å². The number of rotatable bonds is 6. The molecule has 1 saturated heterocycles. The minimum absolute atomic E-state index is 0.0429. The van der Waals surface area contributed by atoms with E-state index in [1.54, 1.807) is 23.0 Å². The molecule has 1 N–H and O–H groups in total. The lowest BCUT2D eigenvalue weighted by Crippen LogP contribution is -2.05. The molecule has 2 heterocycles. The SMILES string of the molecule is COc1cc(/C=N\n2c([C@@H]3CCCO3)n[nH]c2=S)ccc1OCC#N. The summed E-state index contributed by atoms with van der Waals surface area (Å²) in [6.45, 7) is 0.675. The number of benzene rings is 1. The molecular weight excluding hydrogens is 342 g/mol. The van der Waals surface area contributed by atoms with Gasteiger partial charge in [-0.3, -0.25) is 5.10 Å². The van der Waals surface area contributed by atoms with Crippen LogP contribution in [0.2, 0.25) is 0 Å². The van der Waals surface area contributed by atoms with Crippen molar-refractivity contribution in [1.82, 2.24) is 14.9 Å². The summed E-state index contributed by atoms with van der Waals surface area (Å²) in [5.74, 6) is 1.69. The maximum atomic E-state index is 8.61. The molecule has 25 heavy (non-hydrogen) atoms. The first kappa shape index (κ1) is 17.1. The van der Waals surface area contributed by atoms with Crippen molar-refractivity contribution >= 4 is 18.4 Å². The Hall–Kier alpha value is -2.70. The second-order valence-corrected chi connectivity index (χ2v) is 5.69. The van der Waals surface area contributed by atoms with Gasteiger partial charge in [-0.15, -0.1) is 0 Å². The summed E-state index contributed by atoms with van der Waals surface area (Å²) in [5, 5.41) is 20.0. The number of ether oxygens (including phenoxy) is 3. The van der Waals surface area contributed by atoms with Crippen LogP contribution in [-0.4, -0.2) is 41.4 Å². The number of nitrogens with zero attached hydrogens (tertiary/aromatic N) is 4. The summed E-state index contributed by atoms with van der Waals surface area (Å²) in [5.41, 5.74) is 0.794. The second-order valence-electron chi connectivity index (χ2n) is 5.30. The van der Waals surface area contributed by atoms with E-state index in [-0.39, 0.29) is 12.7 Å². The van der Waals surface area contributed by atoms with Gasteiger partial charge in [0.05, 0.1) is 13.3 Å². The molecule has 0 saturated carbocycles. The van der Waals surface area contributed by atoms with Crippen LogP contribution < -0.4 is 9.47 Å². The van der Waals surface area contributed by atoms with Gasteiger partial charge in [-0.25, -0.2) is 0 Å². The molecule has 1 fully saturated rings. The molecule has 0 unspecified atom stereocenters. The summed E-state index contributed by atoms with van der Waals surface area (Å²) in [7, 11) is 1.54. The Bertz CT molecular complexity index is 861. The summed E-state index contributed by atoms with van der Waals surface area (Å²) in [6.07, 6.45) is 3.45. The van der Waals surface area contributed by atoms with Crippen molar-refractivity contribution in [3.63, 3.8) is 0 Å². The van der Waals surface area contributed by atoms with Crippen LogP contribution in [0.3, 0.4) is 0 Å². The average molecular weight is 359 g/mol. The highest BCUT2D eigenvalue weighted by Gasteiger charge is 2.23. The molecule has 3 rings (SSSR count). The van der Waals surface area contributed by atoms with Crippen LogP contribution in [0.4, 0.5) is 0 Å². The number of methoxy groups -OCH3 is 1. The summed E-state index contributed by atoms with van der Waals surface area (Å²) in [4.78, 5) is 0. The van der Waals surface area contributed by atoms with Gasteiger partial charge in [-0.1, -0.05) is 0 Å². The number of nitriles is 1. The molecule has 0 radical (unpaired) electrons. The number of H-pyrrole nitrogens is 1. The van der Waals surface area contributed by atoms with E-state index >= 15 is 0 Å². The van der Waals surface area contributed by atoms with Crippen LogP contribution in [0.25, 0.3) is 0 Å². The Kier molecular flexibility index (Phi) is 5.42. The first-order valence-corrected chi connectivity index (χ1v) is 8.15. The minimum Gasteiger partial charge on any atom is -0.493 e. The lowest BCUT2D eigenvalue weighted by Gasteiger charge is -2.09. The molecule has 9 heteroatoms. The van der Waals surface area contributed by atoms with Gasteiger partial charge >= 0.3 is 0 Å². The van der Waals surface area contributed by atoms with Gasteiger partial charge in [-0.05, 0) is 48.8 Å². The molecule has 1 aliphatic rings. The van der Waals surface area contributed by atoms with Crippen LogP contribution in [-0.2, 0) is 4.74 Å². The van der Waals surface area contributed by atoms with Crippen LogP contribution >= 0.6 is 12.2 Å². The van der Waals surface area contributed by atoms with Gasteiger partial charge in [0.15, 0.2) is 23.9 Å². The first-order chi connectivity index (χ1) is 12.2. The highest BCUT2D eigenvalue weighted by molar-refractivity contribution is 7.71. The van der Waals surface area contributed by atoms with Crippen molar-refractivity contribution in [2.75, 3.05) is 20.3 Å². The Labute approximate surface area is 149 Å². The highest BCUT2D eigenvalue weighted by atomic mass is 32.1. The van der Waals surface area contributed by atoms with Crippen LogP contribution in [0, 0.1) is 16.1 Å². The van der Waals surface area contributed by atoms with E-state index in [0.717, 1.165) is 25.0 Å². The maximum absolute atomic E-state index is 8.61. The van der Waals surface area contributed by atoms with E-state index in [1.807, 2.05) is 12.1 Å². The largest absolute Gasteiger partial charge is 0.493 e. The van der Waals surface area contributed by atoms with Crippen molar-refractivity contribution in [3.05, 3.63) is 34.4 Å². The zero-order valence-electron chi connectivity index (χ0n) is 13.6. The average Bonchev–Trinajstić information content (AvgIpc) is 3.28. The zero-order valence-corrected chi connectivity index (χ0v) is 14.5. The smallest absolute Gasteiger partial charge is 0.216 e. The fourth-order valence-corrected chi connectivity index (χ4v) is 2.71. The third-order valence-corrected chi connectivity index (χ3v) is 3.96. The van der Waals surface area contributed by atoms with Gasteiger partial charge in [0.25, 0.3) is 0 Å². The van der Waals surface area contributed by atoms with Gasteiger partial charge in [-0.2, -0.15) is 20.1 Å². The number of aromatic amines is 1. The van der Waals surface area contributed by atoms with E-state index in [9.17, 15) is 0 Å². The molecule has 2 aromatic rings. The second kappa shape index (κ2) is 7.92. The monoisotopic (exact) mass is 359 g/mol. The van der Waals surface area contributed by atoms with Crippen LogP contribution in [0.15, 0.2) is 23.3 Å². The number of aromatic nitrogens is 3. The van der Waals surface area contributed by atoms with Crippen molar-refractivity contribution in [3.8, 4) is 17.6 Å². The lowest BCUT2D eigenvalue weighted by atomic mass is 10.2. The summed E-state index contributed by atoms with van der Waals surface area (Å²) >= 11 is 5.24. The van der Waals surface area contributed by atoms with Crippen molar-refractivity contribution in [2.45, 2.75) is 18.9 Å². The molecule has 0 amide bonds. The molecule has 130 valence electrons. The van der Waals surface area contributed by atoms with Crippen molar-refractivity contribution < 1.29 is 14.2 Å². The fourth-order valence-electron chi connectivity index (χ4n) is 2.52. The lowest BCUT2D eigenvalue weighted by molar-refractivity contribution is 0.102. The Morgan fingerprint density at radius 1 is 1.56 bits per heavy atom. The van der Waals surface area contributed by atoms with E-state index in [1.165, 1.54) is 7.11 Å². The third kappa shape index (κ3) is 3.87. The summed E-state index contributed by atoms with van der Waals surface area (Å²) < 4.78 is 18.2. The third-order valence-electron chi connectivity index (χ3n) is 3.70. The fraction of sp³-hybridized carbons (Fsp3) is 0.375. The normalized spacial score (nSPS) is 16.9. The molecular formula is C16H17N5O3S. The minimum atomic E-state index is -0.0959. The van der Waals surface area contributed by atoms with E-state index < -0.39 is 0 Å². The van der Waals surface area contributed by atoms with Crippen molar-refractivity contribution in [2.24, 2.45) is 5.10 Å². The van der Waals surface area contributed by atoms with Gasteiger partial charge in [0.2, 0.25) is 4.77 Å². The zero-order chi connectivity index (χ0) is 17.6. The van der Waals surface area contributed by atoms with E-state index in [0.29, 0.717) is 22.1 Å². The quantitative estimate of drug-likeness (QED) is 0.629. The highest BCUT2D eigenvalue weighted by Crippen LogP contribution is 2.28. The predicted molar refractivity (Wildman–Crippen MR) is 92.4 cm³/mol. The summed E-state index contributed by atoms with van der Waals surface area (Å²) in [6, 6.07) is 7.24. The van der Waals surface area contributed by atoms with Crippen molar-refractivity contribution in [1.29, 1.82) is 5.26 Å². The predicted octanol–water partition coefficient (Wildman–Crippen LogP) is 2.59. The maximum Gasteiger partial charge on any atom is 0.216 e. The molecule has 1 aromatic heterocycles. The number of hydrogen-bond donors (Lipinski definition) is 1. The van der Waals surface area contributed by atoms with Gasteiger partial charge in [0, 0.05) is 6.61 Å². The molecule has 0 aliphatic carbocycles. The van der Waals surface area contributed by atoms with E-state index in [4.69, 9.17) is 31.7 Å². The van der Waals surface area contributed by atoms with E-state index in [2.05, 4.69) is 15.3 Å². The van der Waals surface area contributed by atoms with Gasteiger partial charge in [0.1, 0.15) is 12.2 Å². The van der Waals surface area contributed by atoms with Crippen LogP contribution in [0.1, 0.15) is 30.3 Å². The van der Waals surface area contributed by atoms with Crippen LogP contribution in [0.5, 0.6) is 11.5 Å². The number of nitrogens with one attached hydrogen (secondary N) is 1. The molecule has 0 spiro atoms. The van der Waals surface area contributed by atoms with Gasteiger partial charge < -0.3 is 14.2 Å². The molecule has 1 aliphatic heterocycles. The number of hydrogen-bond acceptors (Lipinski definition) is 7. The Balaban J connectivity index is 1.84. The molecule has 1 aromatic carbocycles. The Morgan fingerprint density at radius 2 is 2.44 bits per heavy atom. The standard InChI is InChI=1S/C16H17N5O3S/c1-22-14-9-11(4-5-12(14)24-8-6-17)10-18-21-15(19-20-16(21)25)13-3-2-7-23-13/h4-5,9-10,13H,2-3,7-8H2,1H3,(H,20,25)/b18-10-/t13-/m0/s1. The molecule has 1 atom stereocenters. The molecule has 0 bridgehead atoms.